The summed E-state index contributed by atoms with van der Waals surface area (Å²) in [4.78, 5) is 4.54. The molecule has 0 saturated carbocycles. The van der Waals surface area contributed by atoms with E-state index >= 15 is 0 Å². The average Bonchev–Trinajstić information content (AvgIpc) is 2.93. The zero-order valence-corrected chi connectivity index (χ0v) is 11.7. The zero-order chi connectivity index (χ0) is 13.8. The van der Waals surface area contributed by atoms with E-state index in [-0.39, 0.29) is 0 Å². The Hall–Kier alpha value is -1.88. The SMILES string of the molecule is COCCn1cc(NC2CCCc3cccnc32)cn1. The van der Waals surface area contributed by atoms with E-state index in [1.807, 2.05) is 29.3 Å². The van der Waals surface area contributed by atoms with Crippen molar-refractivity contribution in [2.24, 2.45) is 0 Å². The number of fused-ring (bicyclic) bond motifs is 1. The molecule has 1 N–H and O–H groups in total. The van der Waals surface area contributed by atoms with E-state index in [4.69, 9.17) is 4.74 Å². The van der Waals surface area contributed by atoms with E-state index in [0.717, 1.165) is 25.1 Å². The molecule has 1 aliphatic rings. The third kappa shape index (κ3) is 2.82. The maximum Gasteiger partial charge on any atom is 0.0731 e. The lowest BCUT2D eigenvalue weighted by Crippen LogP contribution is -2.18. The van der Waals surface area contributed by atoms with Crippen LogP contribution in [0.4, 0.5) is 5.69 Å². The van der Waals surface area contributed by atoms with Crippen LogP contribution >= 0.6 is 0 Å². The van der Waals surface area contributed by atoms with Gasteiger partial charge < -0.3 is 10.1 Å². The summed E-state index contributed by atoms with van der Waals surface area (Å²) >= 11 is 0. The summed E-state index contributed by atoms with van der Waals surface area (Å²) in [6.07, 6.45) is 9.22. The molecule has 20 heavy (non-hydrogen) atoms. The number of nitrogens with one attached hydrogen (secondary N) is 1. The molecule has 0 bridgehead atoms. The molecule has 2 aromatic rings. The van der Waals surface area contributed by atoms with Crippen molar-refractivity contribution < 1.29 is 4.74 Å². The van der Waals surface area contributed by atoms with Crippen molar-refractivity contribution in [2.75, 3.05) is 19.0 Å². The Bertz CT molecular complexity index is 567. The quantitative estimate of drug-likeness (QED) is 0.908. The van der Waals surface area contributed by atoms with Gasteiger partial charge in [0.2, 0.25) is 0 Å². The van der Waals surface area contributed by atoms with E-state index < -0.39 is 0 Å². The molecule has 1 aliphatic carbocycles. The molecule has 1 unspecified atom stereocenters. The van der Waals surface area contributed by atoms with Crippen molar-refractivity contribution in [2.45, 2.75) is 31.8 Å². The minimum absolute atomic E-state index is 0.292. The van der Waals surface area contributed by atoms with Crippen LogP contribution in [0.3, 0.4) is 0 Å². The highest BCUT2D eigenvalue weighted by molar-refractivity contribution is 5.42. The van der Waals surface area contributed by atoms with E-state index in [9.17, 15) is 0 Å². The Morgan fingerprint density at radius 2 is 2.45 bits per heavy atom. The smallest absolute Gasteiger partial charge is 0.0731 e. The normalized spacial score (nSPS) is 17.8. The van der Waals surface area contributed by atoms with Crippen molar-refractivity contribution in [1.82, 2.24) is 14.8 Å². The number of hydrogen-bond donors (Lipinski definition) is 1. The third-order valence-corrected chi connectivity index (χ3v) is 3.69. The molecule has 2 aromatic heterocycles. The Morgan fingerprint density at radius 3 is 3.35 bits per heavy atom. The highest BCUT2D eigenvalue weighted by Gasteiger charge is 2.21. The van der Waals surface area contributed by atoms with Gasteiger partial charge in [-0.3, -0.25) is 9.67 Å². The summed E-state index contributed by atoms with van der Waals surface area (Å²) in [6, 6.07) is 4.49. The van der Waals surface area contributed by atoms with Gasteiger partial charge in [0.05, 0.1) is 36.8 Å². The van der Waals surface area contributed by atoms with E-state index in [1.165, 1.54) is 17.7 Å². The molecule has 0 spiro atoms. The van der Waals surface area contributed by atoms with Gasteiger partial charge in [0.25, 0.3) is 0 Å². The van der Waals surface area contributed by atoms with E-state index in [0.29, 0.717) is 12.6 Å². The van der Waals surface area contributed by atoms with Crippen LogP contribution in [0.1, 0.15) is 30.1 Å². The fourth-order valence-electron chi connectivity index (χ4n) is 2.70. The first kappa shape index (κ1) is 13.1. The maximum atomic E-state index is 5.06. The standard InChI is InChI=1S/C15H20N4O/c1-20-9-8-19-11-13(10-17-19)18-14-6-2-4-12-5-3-7-16-15(12)14/h3,5,7,10-11,14,18H,2,4,6,8-9H2,1H3. The van der Waals surface area contributed by atoms with Crippen LogP contribution in [-0.2, 0) is 17.7 Å². The lowest BCUT2D eigenvalue weighted by Gasteiger charge is -2.25. The highest BCUT2D eigenvalue weighted by Crippen LogP contribution is 2.30. The predicted octanol–water partition coefficient (Wildman–Crippen LogP) is 2.41. The first-order chi connectivity index (χ1) is 9.86. The first-order valence-corrected chi connectivity index (χ1v) is 7.08. The molecule has 106 valence electrons. The Morgan fingerprint density at radius 1 is 1.50 bits per heavy atom. The molecule has 0 amide bonds. The van der Waals surface area contributed by atoms with Crippen molar-refractivity contribution in [3.63, 3.8) is 0 Å². The molecule has 1 atom stereocenters. The van der Waals surface area contributed by atoms with Gasteiger partial charge in [-0.15, -0.1) is 0 Å². The molecule has 0 saturated heterocycles. The number of pyridine rings is 1. The second-order valence-electron chi connectivity index (χ2n) is 5.12. The fourth-order valence-corrected chi connectivity index (χ4v) is 2.70. The maximum absolute atomic E-state index is 5.06. The molecule has 3 rings (SSSR count). The lowest BCUT2D eigenvalue weighted by atomic mass is 9.92. The number of hydrogen-bond acceptors (Lipinski definition) is 4. The minimum atomic E-state index is 0.292. The summed E-state index contributed by atoms with van der Waals surface area (Å²) in [7, 11) is 1.70. The zero-order valence-electron chi connectivity index (χ0n) is 11.7. The van der Waals surface area contributed by atoms with Crippen molar-refractivity contribution in [1.29, 1.82) is 0 Å². The first-order valence-electron chi connectivity index (χ1n) is 7.08. The Balaban J connectivity index is 1.71. The van der Waals surface area contributed by atoms with Crippen LogP contribution < -0.4 is 5.32 Å². The van der Waals surface area contributed by atoms with E-state index in [1.54, 1.807) is 7.11 Å². The van der Waals surface area contributed by atoms with Crippen LogP contribution in [0.25, 0.3) is 0 Å². The number of rotatable bonds is 5. The molecule has 0 aromatic carbocycles. The van der Waals surface area contributed by atoms with Crippen molar-refractivity contribution in [3.05, 3.63) is 42.0 Å². The summed E-state index contributed by atoms with van der Waals surface area (Å²) in [5.74, 6) is 0. The third-order valence-electron chi connectivity index (χ3n) is 3.69. The van der Waals surface area contributed by atoms with Crippen LogP contribution in [0.2, 0.25) is 0 Å². The van der Waals surface area contributed by atoms with Crippen molar-refractivity contribution in [3.8, 4) is 0 Å². The second-order valence-corrected chi connectivity index (χ2v) is 5.12. The summed E-state index contributed by atoms with van der Waals surface area (Å²) in [5.41, 5.74) is 3.59. The van der Waals surface area contributed by atoms with Gasteiger partial charge in [-0.1, -0.05) is 6.07 Å². The van der Waals surface area contributed by atoms with E-state index in [2.05, 4.69) is 21.5 Å². The van der Waals surface area contributed by atoms with Crippen LogP contribution in [-0.4, -0.2) is 28.5 Å². The monoisotopic (exact) mass is 272 g/mol. The molecule has 5 heteroatoms. The molecular weight excluding hydrogens is 252 g/mol. The minimum Gasteiger partial charge on any atom is -0.383 e. The highest BCUT2D eigenvalue weighted by atomic mass is 16.5. The number of anilines is 1. The molecule has 5 nitrogen and oxygen atoms in total. The number of methoxy groups -OCH3 is 1. The summed E-state index contributed by atoms with van der Waals surface area (Å²) in [6.45, 7) is 1.45. The second kappa shape index (κ2) is 6.05. The average molecular weight is 272 g/mol. The van der Waals surface area contributed by atoms with Gasteiger partial charge in [-0.25, -0.2) is 0 Å². The lowest BCUT2D eigenvalue weighted by molar-refractivity contribution is 0.183. The Labute approximate surface area is 119 Å². The van der Waals surface area contributed by atoms with Crippen molar-refractivity contribution >= 4 is 5.69 Å². The number of ether oxygens (including phenoxy) is 1. The van der Waals surface area contributed by atoms with Gasteiger partial charge in [-0.2, -0.15) is 5.10 Å². The topological polar surface area (TPSA) is 52.0 Å². The van der Waals surface area contributed by atoms with Crippen LogP contribution in [0.15, 0.2) is 30.7 Å². The predicted molar refractivity (Wildman–Crippen MR) is 77.6 cm³/mol. The largest absolute Gasteiger partial charge is 0.383 e. The van der Waals surface area contributed by atoms with Crippen LogP contribution in [0, 0.1) is 0 Å². The van der Waals surface area contributed by atoms with Gasteiger partial charge >= 0.3 is 0 Å². The number of aromatic nitrogens is 3. The van der Waals surface area contributed by atoms with Gasteiger partial charge in [0.1, 0.15) is 0 Å². The summed E-state index contributed by atoms with van der Waals surface area (Å²) < 4.78 is 6.96. The van der Waals surface area contributed by atoms with Gasteiger partial charge in [-0.05, 0) is 30.9 Å². The summed E-state index contributed by atoms with van der Waals surface area (Å²) in [5, 5.41) is 7.88. The Kier molecular flexibility index (Phi) is 3.97. The molecule has 0 radical (unpaired) electrons. The molecule has 0 aliphatic heterocycles. The van der Waals surface area contributed by atoms with Gasteiger partial charge in [0, 0.05) is 19.5 Å². The molecular formula is C15H20N4O. The fraction of sp³-hybridized carbons (Fsp3) is 0.467. The molecule has 2 heterocycles. The number of nitrogens with zero attached hydrogens (tertiary/aromatic N) is 3. The van der Waals surface area contributed by atoms with Gasteiger partial charge in [0.15, 0.2) is 0 Å². The number of aryl methyl sites for hydroxylation is 1. The molecule has 0 fully saturated rings. The van der Waals surface area contributed by atoms with Crippen LogP contribution in [0.5, 0.6) is 0 Å².